The fraction of sp³-hybridized carbons (Fsp3) is 0.833. The molecule has 0 aromatic carbocycles. The molecular formula is C6H12N2O2. The highest BCUT2D eigenvalue weighted by molar-refractivity contribution is 5.36. The van der Waals surface area contributed by atoms with Crippen molar-refractivity contribution in [2.75, 3.05) is 19.6 Å². The van der Waals surface area contributed by atoms with Crippen LogP contribution in [0, 0.1) is 0 Å². The second-order valence-corrected chi connectivity index (χ2v) is 2.44. The van der Waals surface area contributed by atoms with Crippen LogP contribution >= 0.6 is 0 Å². The minimum Gasteiger partial charge on any atom is -0.371 e. The molecule has 10 heavy (non-hydrogen) atoms. The molecule has 1 aliphatic heterocycles. The number of carbonyl (C=O) groups is 1. The van der Waals surface area contributed by atoms with Crippen LogP contribution in [0.2, 0.25) is 0 Å². The van der Waals surface area contributed by atoms with E-state index in [-0.39, 0.29) is 0 Å². The highest BCUT2D eigenvalue weighted by Crippen LogP contribution is 1.96. The molecule has 0 spiro atoms. The summed E-state index contributed by atoms with van der Waals surface area (Å²) in [6, 6.07) is 0.411. The molecule has 1 fully saturated rings. The number of rotatable bonds is 2. The molecule has 0 aromatic heterocycles. The van der Waals surface area contributed by atoms with Gasteiger partial charge in [-0.25, -0.2) is 0 Å². The molecule has 1 N–H and O–H groups in total. The van der Waals surface area contributed by atoms with E-state index in [0.29, 0.717) is 12.5 Å². The normalized spacial score (nSPS) is 27.9. The van der Waals surface area contributed by atoms with Crippen molar-refractivity contribution in [1.82, 2.24) is 10.4 Å². The summed E-state index contributed by atoms with van der Waals surface area (Å²) in [5.74, 6) is 0. The van der Waals surface area contributed by atoms with E-state index in [1.165, 1.54) is 0 Å². The molecule has 0 aliphatic carbocycles. The lowest BCUT2D eigenvalue weighted by Gasteiger charge is -2.28. The molecule has 1 aliphatic rings. The second kappa shape index (κ2) is 3.53. The van der Waals surface area contributed by atoms with Crippen LogP contribution in [-0.2, 0) is 9.63 Å². The first-order valence-electron chi connectivity index (χ1n) is 3.41. The fourth-order valence-electron chi connectivity index (χ4n) is 1.05. The Bertz CT molecular complexity index is 118. The summed E-state index contributed by atoms with van der Waals surface area (Å²) in [7, 11) is 0. The quantitative estimate of drug-likeness (QED) is 0.524. The maximum Gasteiger partial charge on any atom is 0.312 e. The highest BCUT2D eigenvalue weighted by atomic mass is 16.7. The van der Waals surface area contributed by atoms with Gasteiger partial charge in [-0.15, -0.1) is 5.06 Å². The molecule has 1 saturated heterocycles. The summed E-state index contributed by atoms with van der Waals surface area (Å²) in [5, 5.41) is 4.89. The Morgan fingerprint density at radius 3 is 3.20 bits per heavy atom. The van der Waals surface area contributed by atoms with E-state index in [2.05, 4.69) is 17.1 Å². The maximum atomic E-state index is 9.90. The smallest absolute Gasteiger partial charge is 0.312 e. The van der Waals surface area contributed by atoms with Crippen molar-refractivity contribution in [3.63, 3.8) is 0 Å². The molecule has 0 radical (unpaired) electrons. The molecule has 0 saturated carbocycles. The summed E-state index contributed by atoms with van der Waals surface area (Å²) < 4.78 is 0. The van der Waals surface area contributed by atoms with Gasteiger partial charge < -0.3 is 10.2 Å². The first-order chi connectivity index (χ1) is 4.83. The average Bonchev–Trinajstić information content (AvgIpc) is 1.88. The van der Waals surface area contributed by atoms with Crippen LogP contribution in [0.3, 0.4) is 0 Å². The van der Waals surface area contributed by atoms with Gasteiger partial charge >= 0.3 is 6.47 Å². The van der Waals surface area contributed by atoms with Crippen molar-refractivity contribution in [2.45, 2.75) is 13.0 Å². The molecule has 58 valence electrons. The van der Waals surface area contributed by atoms with E-state index in [0.717, 1.165) is 19.6 Å². The average molecular weight is 144 g/mol. The van der Waals surface area contributed by atoms with Crippen LogP contribution in [0.25, 0.3) is 0 Å². The van der Waals surface area contributed by atoms with Crippen molar-refractivity contribution < 1.29 is 9.63 Å². The predicted octanol–water partition coefficient (Wildman–Crippen LogP) is -0.632. The number of nitrogens with one attached hydrogen (secondary N) is 1. The number of carbonyl (C=O) groups excluding carboxylic acids is 1. The molecular weight excluding hydrogens is 132 g/mol. The van der Waals surface area contributed by atoms with Crippen molar-refractivity contribution >= 4 is 6.47 Å². The van der Waals surface area contributed by atoms with Gasteiger partial charge in [0.15, 0.2) is 0 Å². The summed E-state index contributed by atoms with van der Waals surface area (Å²) in [6.07, 6.45) is 0. The van der Waals surface area contributed by atoms with Crippen LogP contribution in [0.15, 0.2) is 0 Å². The molecule has 0 unspecified atom stereocenters. The van der Waals surface area contributed by atoms with Gasteiger partial charge in [0.05, 0.1) is 6.54 Å². The predicted molar refractivity (Wildman–Crippen MR) is 36.2 cm³/mol. The minimum atomic E-state index is 0.411. The standard InChI is InChI=1S/C6H12N2O2/c1-6-4-8(10-5-9)3-2-7-6/h5-7H,2-4H2,1H3/t6-/m0/s1. The van der Waals surface area contributed by atoms with E-state index in [4.69, 9.17) is 0 Å². The van der Waals surface area contributed by atoms with E-state index < -0.39 is 0 Å². The molecule has 0 aromatic rings. The number of hydroxylamine groups is 2. The Morgan fingerprint density at radius 1 is 1.80 bits per heavy atom. The number of nitrogens with zero attached hydrogens (tertiary/aromatic N) is 1. The fourth-order valence-corrected chi connectivity index (χ4v) is 1.05. The van der Waals surface area contributed by atoms with Gasteiger partial charge in [0.1, 0.15) is 0 Å². The lowest BCUT2D eigenvalue weighted by Crippen LogP contribution is -2.48. The Labute approximate surface area is 60.1 Å². The van der Waals surface area contributed by atoms with Crippen molar-refractivity contribution in [1.29, 1.82) is 0 Å². The summed E-state index contributed by atoms with van der Waals surface area (Å²) in [5.41, 5.74) is 0. The molecule has 4 heteroatoms. The number of hydrogen-bond acceptors (Lipinski definition) is 4. The van der Waals surface area contributed by atoms with Gasteiger partial charge in [0.2, 0.25) is 0 Å². The summed E-state index contributed by atoms with van der Waals surface area (Å²) in [6.45, 7) is 4.97. The number of piperazine rings is 1. The first kappa shape index (κ1) is 7.50. The number of hydrogen-bond donors (Lipinski definition) is 1. The van der Waals surface area contributed by atoms with Gasteiger partial charge in [-0.2, -0.15) is 0 Å². The third-order valence-corrected chi connectivity index (χ3v) is 1.52. The molecule has 0 amide bonds. The van der Waals surface area contributed by atoms with Gasteiger partial charge in [0, 0.05) is 19.1 Å². The summed E-state index contributed by atoms with van der Waals surface area (Å²) in [4.78, 5) is 14.6. The summed E-state index contributed by atoms with van der Waals surface area (Å²) >= 11 is 0. The largest absolute Gasteiger partial charge is 0.371 e. The molecule has 4 nitrogen and oxygen atoms in total. The molecule has 1 heterocycles. The molecule has 1 atom stereocenters. The van der Waals surface area contributed by atoms with E-state index in [1.807, 2.05) is 0 Å². The molecule has 0 bridgehead atoms. The van der Waals surface area contributed by atoms with E-state index >= 15 is 0 Å². The van der Waals surface area contributed by atoms with Crippen LogP contribution in [0.5, 0.6) is 0 Å². The van der Waals surface area contributed by atoms with Gasteiger partial charge in [-0.3, -0.25) is 4.79 Å². The lowest BCUT2D eigenvalue weighted by molar-refractivity contribution is -0.178. The van der Waals surface area contributed by atoms with Crippen molar-refractivity contribution in [3.8, 4) is 0 Å². The Hall–Kier alpha value is -0.610. The van der Waals surface area contributed by atoms with Crippen molar-refractivity contribution in [3.05, 3.63) is 0 Å². The van der Waals surface area contributed by atoms with Gasteiger partial charge in [-0.1, -0.05) is 0 Å². The maximum absolute atomic E-state index is 9.90. The first-order valence-corrected chi connectivity index (χ1v) is 3.41. The second-order valence-electron chi connectivity index (χ2n) is 2.44. The van der Waals surface area contributed by atoms with Gasteiger partial charge in [-0.05, 0) is 6.92 Å². The topological polar surface area (TPSA) is 41.6 Å². The highest BCUT2D eigenvalue weighted by Gasteiger charge is 2.15. The zero-order valence-electron chi connectivity index (χ0n) is 6.04. The molecule has 1 rings (SSSR count). The Balaban J connectivity index is 2.24. The van der Waals surface area contributed by atoms with Crippen LogP contribution in [0.1, 0.15) is 6.92 Å². The van der Waals surface area contributed by atoms with E-state index in [9.17, 15) is 4.79 Å². The van der Waals surface area contributed by atoms with Crippen LogP contribution in [-0.4, -0.2) is 37.2 Å². The Kier molecular flexibility index (Phi) is 2.65. The van der Waals surface area contributed by atoms with Gasteiger partial charge in [0.25, 0.3) is 0 Å². The Morgan fingerprint density at radius 2 is 2.60 bits per heavy atom. The third kappa shape index (κ3) is 1.97. The monoisotopic (exact) mass is 144 g/mol. The van der Waals surface area contributed by atoms with Crippen molar-refractivity contribution in [2.24, 2.45) is 0 Å². The minimum absolute atomic E-state index is 0.411. The third-order valence-electron chi connectivity index (χ3n) is 1.52. The zero-order chi connectivity index (χ0) is 7.40. The zero-order valence-corrected chi connectivity index (χ0v) is 6.04. The SMILES string of the molecule is C[C@H]1CN(OC=O)CCN1. The van der Waals surface area contributed by atoms with Crippen LogP contribution in [0.4, 0.5) is 0 Å². The van der Waals surface area contributed by atoms with Crippen LogP contribution < -0.4 is 5.32 Å². The van der Waals surface area contributed by atoms with E-state index in [1.54, 1.807) is 5.06 Å². The lowest BCUT2D eigenvalue weighted by atomic mass is 10.3.